The van der Waals surface area contributed by atoms with Gasteiger partial charge in [0.2, 0.25) is 0 Å². The fourth-order valence-electron chi connectivity index (χ4n) is 0.327. The van der Waals surface area contributed by atoms with Gasteiger partial charge in [-0.1, -0.05) is 102 Å². The van der Waals surface area contributed by atoms with Crippen LogP contribution in [0, 0.1) is 0 Å². The SMILES string of the molecule is CC.CC.CC.CCC.CCCC.CCCCS(=O)(=O)O. The highest BCUT2D eigenvalue weighted by molar-refractivity contribution is 7.85. The van der Waals surface area contributed by atoms with E-state index >= 15 is 0 Å². The van der Waals surface area contributed by atoms with Crippen LogP contribution in [0.1, 0.15) is 108 Å². The smallest absolute Gasteiger partial charge is 0.264 e. The lowest BCUT2D eigenvalue weighted by molar-refractivity contribution is 0.480. The Balaban J connectivity index is -0.0000000369. The zero-order valence-corrected chi connectivity index (χ0v) is 17.7. The van der Waals surface area contributed by atoms with E-state index in [0.29, 0.717) is 6.42 Å². The van der Waals surface area contributed by atoms with E-state index in [0.717, 1.165) is 6.42 Å². The average molecular weight is 331 g/mol. The van der Waals surface area contributed by atoms with Crippen molar-refractivity contribution in [1.29, 1.82) is 0 Å². The highest BCUT2D eigenvalue weighted by Crippen LogP contribution is 1.90. The first-order chi connectivity index (χ1) is 9.89. The Morgan fingerprint density at radius 2 is 0.905 bits per heavy atom. The van der Waals surface area contributed by atoms with Gasteiger partial charge in [0.15, 0.2) is 0 Å². The molecule has 0 heterocycles. The first-order valence-electron chi connectivity index (χ1n) is 8.84. The molecule has 0 amide bonds. The third-order valence-corrected chi connectivity index (χ3v) is 2.06. The molecule has 0 aromatic heterocycles. The van der Waals surface area contributed by atoms with Gasteiger partial charge < -0.3 is 0 Å². The largest absolute Gasteiger partial charge is 0.286 e. The molecule has 0 atom stereocenters. The van der Waals surface area contributed by atoms with Crippen LogP contribution in [0.3, 0.4) is 0 Å². The summed E-state index contributed by atoms with van der Waals surface area (Å²) in [7, 11) is -3.69. The van der Waals surface area contributed by atoms with Crippen LogP contribution in [0.2, 0.25) is 0 Å². The summed E-state index contributed by atoms with van der Waals surface area (Å²) in [6.45, 7) is 22.5. The van der Waals surface area contributed by atoms with Crippen molar-refractivity contribution in [2.45, 2.75) is 108 Å². The molecule has 0 aromatic carbocycles. The van der Waals surface area contributed by atoms with Crippen molar-refractivity contribution in [3.05, 3.63) is 0 Å². The molecule has 0 fully saturated rings. The highest BCUT2D eigenvalue weighted by Gasteiger charge is 2.00. The molecule has 0 bridgehead atoms. The minimum atomic E-state index is -3.69. The van der Waals surface area contributed by atoms with Crippen molar-refractivity contribution >= 4 is 10.1 Å². The van der Waals surface area contributed by atoms with Gasteiger partial charge in [0.05, 0.1) is 5.75 Å². The molecule has 1 N–H and O–H groups in total. The number of unbranched alkanes of at least 4 members (excludes halogenated alkanes) is 2. The highest BCUT2D eigenvalue weighted by atomic mass is 32.2. The van der Waals surface area contributed by atoms with E-state index in [4.69, 9.17) is 4.55 Å². The second-order valence-corrected chi connectivity index (χ2v) is 4.92. The van der Waals surface area contributed by atoms with Crippen LogP contribution in [0.4, 0.5) is 0 Å². The molecule has 21 heavy (non-hydrogen) atoms. The van der Waals surface area contributed by atoms with Crippen LogP contribution in [0.25, 0.3) is 0 Å². The van der Waals surface area contributed by atoms with Crippen LogP contribution in [0.15, 0.2) is 0 Å². The molecule has 0 rings (SSSR count). The summed E-state index contributed by atoms with van der Waals surface area (Å²) in [6.07, 6.45) is 5.22. The van der Waals surface area contributed by atoms with Crippen LogP contribution >= 0.6 is 0 Å². The molecular weight excluding hydrogens is 284 g/mol. The number of hydrogen-bond donors (Lipinski definition) is 1. The summed E-state index contributed by atoms with van der Waals surface area (Å²) in [5.41, 5.74) is 0. The first kappa shape index (κ1) is 37.3. The lowest BCUT2D eigenvalue weighted by atomic mass is 10.4. The van der Waals surface area contributed by atoms with Crippen molar-refractivity contribution in [2.24, 2.45) is 0 Å². The van der Waals surface area contributed by atoms with Gasteiger partial charge in [-0.2, -0.15) is 8.42 Å². The molecule has 0 aromatic rings. The molecule has 0 unspecified atom stereocenters. The second kappa shape index (κ2) is 50.2. The Labute approximate surface area is 137 Å². The molecule has 0 aliphatic carbocycles. The van der Waals surface area contributed by atoms with Crippen molar-refractivity contribution in [3.63, 3.8) is 0 Å². The quantitative estimate of drug-likeness (QED) is 0.566. The standard InChI is InChI=1S/C4H10O3S.C4H10.C3H8.3C2H6/c1-2-3-4-8(5,6)7;1-3-4-2;1-3-2;3*1-2/h2-4H2,1H3,(H,5,6,7);3-4H2,1-2H3;3H2,1-2H3;3*1-2H3. The Hall–Kier alpha value is -0.0900. The van der Waals surface area contributed by atoms with Crippen molar-refractivity contribution in [1.82, 2.24) is 0 Å². The third-order valence-electron chi connectivity index (χ3n) is 1.26. The monoisotopic (exact) mass is 330 g/mol. The fraction of sp³-hybridized carbons (Fsp3) is 1.00. The first-order valence-corrected chi connectivity index (χ1v) is 10.4. The van der Waals surface area contributed by atoms with Crippen molar-refractivity contribution in [3.8, 4) is 0 Å². The maximum absolute atomic E-state index is 9.95. The van der Waals surface area contributed by atoms with E-state index in [2.05, 4.69) is 27.7 Å². The Bertz CT molecular complexity index is 174. The molecule has 0 spiro atoms. The summed E-state index contributed by atoms with van der Waals surface area (Å²) >= 11 is 0. The van der Waals surface area contributed by atoms with E-state index in [-0.39, 0.29) is 5.75 Å². The maximum Gasteiger partial charge on any atom is 0.264 e. The average Bonchev–Trinajstić information content (AvgIpc) is 2.51. The molecule has 0 aliphatic heterocycles. The third kappa shape index (κ3) is 183. The molecule has 138 valence electrons. The molecular formula is C17H46O3S. The number of rotatable bonds is 4. The summed E-state index contributed by atoms with van der Waals surface area (Å²) in [4.78, 5) is 0. The van der Waals surface area contributed by atoms with E-state index in [1.807, 2.05) is 48.5 Å². The van der Waals surface area contributed by atoms with Crippen LogP contribution < -0.4 is 0 Å². The second-order valence-electron chi connectivity index (χ2n) is 3.35. The summed E-state index contributed by atoms with van der Waals surface area (Å²) < 4.78 is 28.0. The molecule has 0 aliphatic rings. The van der Waals surface area contributed by atoms with Crippen LogP contribution in [-0.4, -0.2) is 18.7 Å². The topological polar surface area (TPSA) is 54.4 Å². The van der Waals surface area contributed by atoms with Crippen LogP contribution in [-0.2, 0) is 10.1 Å². The normalized spacial score (nSPS) is 7.62. The summed E-state index contributed by atoms with van der Waals surface area (Å²) in [6, 6.07) is 0. The van der Waals surface area contributed by atoms with E-state index in [1.54, 1.807) is 0 Å². The van der Waals surface area contributed by atoms with Gasteiger partial charge in [-0.25, -0.2) is 0 Å². The van der Waals surface area contributed by atoms with Gasteiger partial charge in [-0.3, -0.25) is 4.55 Å². The lowest BCUT2D eigenvalue weighted by Crippen LogP contribution is -2.02. The van der Waals surface area contributed by atoms with E-state index < -0.39 is 10.1 Å². The summed E-state index contributed by atoms with van der Waals surface area (Å²) in [5.74, 6) is -0.108. The van der Waals surface area contributed by atoms with Gasteiger partial charge in [0, 0.05) is 0 Å². The molecule has 4 heteroatoms. The van der Waals surface area contributed by atoms with E-state index in [9.17, 15) is 8.42 Å². The van der Waals surface area contributed by atoms with Gasteiger partial charge in [0.1, 0.15) is 0 Å². The zero-order valence-electron chi connectivity index (χ0n) is 16.9. The van der Waals surface area contributed by atoms with Crippen molar-refractivity contribution < 1.29 is 13.0 Å². The minimum absolute atomic E-state index is 0.108. The minimum Gasteiger partial charge on any atom is -0.286 e. The molecule has 0 radical (unpaired) electrons. The fourth-order valence-corrected chi connectivity index (χ4v) is 0.980. The van der Waals surface area contributed by atoms with Gasteiger partial charge >= 0.3 is 0 Å². The Kier molecular flexibility index (Phi) is 89.1. The van der Waals surface area contributed by atoms with Gasteiger partial charge in [-0.05, 0) is 6.42 Å². The molecule has 0 saturated carbocycles. The Morgan fingerprint density at radius 3 is 0.952 bits per heavy atom. The Morgan fingerprint density at radius 1 is 0.667 bits per heavy atom. The molecule has 0 saturated heterocycles. The number of hydrogen-bond acceptors (Lipinski definition) is 2. The predicted molar refractivity (Wildman–Crippen MR) is 102 cm³/mol. The van der Waals surface area contributed by atoms with Gasteiger partial charge in [-0.15, -0.1) is 0 Å². The van der Waals surface area contributed by atoms with E-state index in [1.165, 1.54) is 19.3 Å². The predicted octanol–water partition coefficient (Wildman–Crippen LogP) is 6.98. The van der Waals surface area contributed by atoms with Crippen molar-refractivity contribution in [2.75, 3.05) is 5.75 Å². The summed E-state index contributed by atoms with van der Waals surface area (Å²) in [5, 5.41) is 0. The zero-order chi connectivity index (χ0) is 18.7. The van der Waals surface area contributed by atoms with Crippen LogP contribution in [0.5, 0.6) is 0 Å². The maximum atomic E-state index is 9.95. The van der Waals surface area contributed by atoms with Gasteiger partial charge in [0.25, 0.3) is 10.1 Å². The molecule has 3 nitrogen and oxygen atoms in total. The lowest BCUT2D eigenvalue weighted by Gasteiger charge is -1.90.